The van der Waals surface area contributed by atoms with E-state index in [-0.39, 0.29) is 17.4 Å². The third-order valence-electron chi connectivity index (χ3n) is 5.51. The van der Waals surface area contributed by atoms with E-state index in [2.05, 4.69) is 15.5 Å². The van der Waals surface area contributed by atoms with Crippen LogP contribution in [0.5, 0.6) is 0 Å². The lowest BCUT2D eigenvalue weighted by Crippen LogP contribution is -2.48. The van der Waals surface area contributed by atoms with E-state index in [0.29, 0.717) is 34.6 Å². The summed E-state index contributed by atoms with van der Waals surface area (Å²) in [5.74, 6) is 0.378. The fourth-order valence-electron chi connectivity index (χ4n) is 3.90. The van der Waals surface area contributed by atoms with Crippen molar-refractivity contribution in [2.24, 2.45) is 5.92 Å². The molecule has 2 aromatic carbocycles. The summed E-state index contributed by atoms with van der Waals surface area (Å²) in [7, 11) is 0. The predicted molar refractivity (Wildman–Crippen MR) is 131 cm³/mol. The first-order chi connectivity index (χ1) is 15.1. The number of hydrogen-bond donors (Lipinski definition) is 2. The van der Waals surface area contributed by atoms with Crippen LogP contribution in [-0.2, 0) is 4.79 Å². The summed E-state index contributed by atoms with van der Waals surface area (Å²) in [5, 5.41) is 7.20. The minimum absolute atomic E-state index is 0.0601. The smallest absolute Gasteiger partial charge is 0.251 e. The van der Waals surface area contributed by atoms with Gasteiger partial charge in [-0.25, -0.2) is 0 Å². The molecule has 32 heavy (non-hydrogen) atoms. The Hall–Kier alpha value is -2.08. The lowest BCUT2D eigenvalue weighted by atomic mass is 9.96. The van der Waals surface area contributed by atoms with E-state index in [1.165, 1.54) is 0 Å². The van der Waals surface area contributed by atoms with Gasteiger partial charge in [-0.1, -0.05) is 41.4 Å². The molecular weight excluding hydrogens is 445 g/mol. The summed E-state index contributed by atoms with van der Waals surface area (Å²) in [6.45, 7) is 8.74. The van der Waals surface area contributed by atoms with Crippen LogP contribution in [0.25, 0.3) is 11.1 Å². The van der Waals surface area contributed by atoms with Crippen molar-refractivity contribution < 1.29 is 9.59 Å². The van der Waals surface area contributed by atoms with Crippen LogP contribution in [0.15, 0.2) is 42.5 Å². The summed E-state index contributed by atoms with van der Waals surface area (Å²) >= 11 is 12.3. The van der Waals surface area contributed by atoms with E-state index in [9.17, 15) is 9.59 Å². The fraction of sp³-hybridized carbons (Fsp3) is 0.440. The average Bonchev–Trinajstić information content (AvgIpc) is 2.71. The number of carbonyl (C=O) groups is 2. The van der Waals surface area contributed by atoms with Crippen molar-refractivity contribution in [3.05, 3.63) is 58.1 Å². The molecule has 7 heteroatoms. The Kier molecular flexibility index (Phi) is 8.21. The van der Waals surface area contributed by atoms with Gasteiger partial charge in [-0.2, -0.15) is 0 Å². The first-order valence-electron chi connectivity index (χ1n) is 11.0. The van der Waals surface area contributed by atoms with Crippen molar-refractivity contribution in [2.45, 2.75) is 39.2 Å². The highest BCUT2D eigenvalue weighted by molar-refractivity contribution is 6.36. The molecule has 172 valence electrons. The second-order valence-electron chi connectivity index (χ2n) is 9.43. The van der Waals surface area contributed by atoms with Crippen molar-refractivity contribution in [2.75, 3.05) is 26.2 Å². The number of nitrogens with zero attached hydrogens (tertiary/aromatic N) is 1. The number of nitrogens with one attached hydrogen (secondary N) is 2. The number of halogens is 2. The Morgan fingerprint density at radius 1 is 1.06 bits per heavy atom. The standard InChI is InChI=1S/C25H31Cl2N3O2/c1-25(2,3)29-23(31)16-30-11-9-17(10-12-30)15-28-24(32)19-6-4-5-18(13-19)21-8-7-20(26)14-22(21)27/h4-8,13-14,17H,9-12,15-16H2,1-3H3,(H,28,32)(H,29,31). The van der Waals surface area contributed by atoms with Gasteiger partial charge in [0.15, 0.2) is 0 Å². The molecule has 0 unspecified atom stereocenters. The SMILES string of the molecule is CC(C)(C)NC(=O)CN1CCC(CNC(=O)c2cccc(-c3ccc(Cl)cc3Cl)c2)CC1. The highest BCUT2D eigenvalue weighted by Crippen LogP contribution is 2.30. The van der Waals surface area contributed by atoms with Crippen LogP contribution in [0.3, 0.4) is 0 Å². The maximum Gasteiger partial charge on any atom is 0.251 e. The van der Waals surface area contributed by atoms with Crippen LogP contribution in [0.2, 0.25) is 10.0 Å². The third kappa shape index (κ3) is 7.22. The molecule has 0 bridgehead atoms. The molecule has 1 aliphatic rings. The predicted octanol–water partition coefficient (Wildman–Crippen LogP) is 5.02. The zero-order valence-corrected chi connectivity index (χ0v) is 20.4. The van der Waals surface area contributed by atoms with Crippen molar-refractivity contribution in [3.8, 4) is 11.1 Å². The number of rotatable bonds is 6. The van der Waals surface area contributed by atoms with E-state index in [1.54, 1.807) is 18.2 Å². The summed E-state index contributed by atoms with van der Waals surface area (Å²) in [5.41, 5.74) is 2.11. The number of hydrogen-bond acceptors (Lipinski definition) is 3. The van der Waals surface area contributed by atoms with Crippen LogP contribution in [0, 0.1) is 5.92 Å². The fourth-order valence-corrected chi connectivity index (χ4v) is 4.42. The molecule has 2 N–H and O–H groups in total. The normalized spacial score (nSPS) is 15.4. The Bertz CT molecular complexity index is 964. The molecule has 0 aliphatic carbocycles. The quantitative estimate of drug-likeness (QED) is 0.616. The number of piperidine rings is 1. The summed E-state index contributed by atoms with van der Waals surface area (Å²) in [4.78, 5) is 27.0. The maximum absolute atomic E-state index is 12.7. The molecule has 2 amide bonds. The summed E-state index contributed by atoms with van der Waals surface area (Å²) in [6, 6.07) is 12.8. The van der Waals surface area contributed by atoms with Gasteiger partial charge in [0.25, 0.3) is 5.91 Å². The molecule has 0 aromatic heterocycles. The average molecular weight is 476 g/mol. The van der Waals surface area contributed by atoms with E-state index < -0.39 is 0 Å². The van der Waals surface area contributed by atoms with Gasteiger partial charge in [0.2, 0.25) is 5.91 Å². The lowest BCUT2D eigenvalue weighted by molar-refractivity contribution is -0.124. The molecule has 0 atom stereocenters. The maximum atomic E-state index is 12.7. The Balaban J connectivity index is 1.49. The number of benzene rings is 2. The monoisotopic (exact) mass is 475 g/mol. The van der Waals surface area contributed by atoms with Gasteiger partial charge in [-0.05, 0) is 82.4 Å². The number of amides is 2. The minimum atomic E-state index is -0.212. The van der Waals surface area contributed by atoms with Gasteiger partial charge in [-0.15, -0.1) is 0 Å². The molecule has 1 aliphatic heterocycles. The van der Waals surface area contributed by atoms with Crippen molar-refractivity contribution in [1.29, 1.82) is 0 Å². The summed E-state index contributed by atoms with van der Waals surface area (Å²) in [6.07, 6.45) is 1.92. The molecule has 1 saturated heterocycles. The van der Waals surface area contributed by atoms with Crippen LogP contribution < -0.4 is 10.6 Å². The van der Waals surface area contributed by atoms with Gasteiger partial charge < -0.3 is 10.6 Å². The number of carbonyl (C=O) groups excluding carboxylic acids is 2. The second kappa shape index (κ2) is 10.7. The minimum Gasteiger partial charge on any atom is -0.352 e. The van der Waals surface area contributed by atoms with Crippen molar-refractivity contribution in [3.63, 3.8) is 0 Å². The van der Waals surface area contributed by atoms with Crippen LogP contribution in [0.4, 0.5) is 0 Å². The molecule has 5 nitrogen and oxygen atoms in total. The molecule has 1 fully saturated rings. The molecule has 1 heterocycles. The first kappa shape index (κ1) is 24.6. The highest BCUT2D eigenvalue weighted by Gasteiger charge is 2.23. The molecule has 3 rings (SSSR count). The van der Waals surface area contributed by atoms with Gasteiger partial charge >= 0.3 is 0 Å². The van der Waals surface area contributed by atoms with Crippen LogP contribution in [-0.4, -0.2) is 48.4 Å². The Labute approximate surface area is 200 Å². The first-order valence-corrected chi connectivity index (χ1v) is 11.7. The second-order valence-corrected chi connectivity index (χ2v) is 10.3. The van der Waals surface area contributed by atoms with Crippen LogP contribution in [0.1, 0.15) is 44.0 Å². The number of likely N-dealkylation sites (tertiary alicyclic amines) is 1. The zero-order valence-electron chi connectivity index (χ0n) is 18.9. The lowest BCUT2D eigenvalue weighted by Gasteiger charge is -2.32. The largest absolute Gasteiger partial charge is 0.352 e. The third-order valence-corrected chi connectivity index (χ3v) is 6.05. The van der Waals surface area contributed by atoms with Gasteiger partial charge in [0.1, 0.15) is 0 Å². The topological polar surface area (TPSA) is 61.4 Å². The molecule has 2 aromatic rings. The van der Waals surface area contributed by atoms with Gasteiger partial charge in [-0.3, -0.25) is 14.5 Å². The van der Waals surface area contributed by atoms with E-state index in [1.807, 2.05) is 45.0 Å². The highest BCUT2D eigenvalue weighted by atomic mass is 35.5. The Morgan fingerprint density at radius 2 is 1.78 bits per heavy atom. The zero-order chi connectivity index (χ0) is 23.3. The van der Waals surface area contributed by atoms with Crippen molar-refractivity contribution in [1.82, 2.24) is 15.5 Å². The molecule has 0 radical (unpaired) electrons. The van der Waals surface area contributed by atoms with E-state index in [0.717, 1.165) is 37.1 Å². The van der Waals surface area contributed by atoms with E-state index >= 15 is 0 Å². The summed E-state index contributed by atoms with van der Waals surface area (Å²) < 4.78 is 0. The molecule has 0 spiro atoms. The Morgan fingerprint density at radius 3 is 2.44 bits per heavy atom. The van der Waals surface area contributed by atoms with E-state index in [4.69, 9.17) is 23.2 Å². The molecular formula is C25H31Cl2N3O2. The van der Waals surface area contributed by atoms with Crippen LogP contribution >= 0.6 is 23.2 Å². The van der Waals surface area contributed by atoms with Gasteiger partial charge in [0.05, 0.1) is 6.54 Å². The van der Waals surface area contributed by atoms with Gasteiger partial charge in [0, 0.05) is 33.3 Å². The van der Waals surface area contributed by atoms with Crippen molar-refractivity contribution >= 4 is 35.0 Å². The molecule has 0 saturated carbocycles.